The lowest BCUT2D eigenvalue weighted by Gasteiger charge is -2.26. The zero-order valence-corrected chi connectivity index (χ0v) is 12.0. The minimum absolute atomic E-state index is 0.986. The van der Waals surface area contributed by atoms with Crippen LogP contribution >= 0.6 is 0 Å². The van der Waals surface area contributed by atoms with E-state index in [4.69, 9.17) is 0 Å². The normalized spacial score (nSPS) is 10.7. The molecule has 0 atom stereocenters. The molecule has 0 heterocycles. The van der Waals surface area contributed by atoms with Crippen molar-refractivity contribution in [3.63, 3.8) is 0 Å². The maximum atomic E-state index is 2.36. The van der Waals surface area contributed by atoms with Crippen molar-refractivity contribution in [2.24, 2.45) is 0 Å². The van der Waals surface area contributed by atoms with Crippen LogP contribution < -0.4 is 4.90 Å². The first-order valence-electron chi connectivity index (χ1n) is 6.71. The Kier molecular flexibility index (Phi) is 4.58. The summed E-state index contributed by atoms with van der Waals surface area (Å²) in [6, 6.07) is 19.3. The van der Waals surface area contributed by atoms with E-state index >= 15 is 0 Å². The Morgan fingerprint density at radius 3 is 1.89 bits per heavy atom. The van der Waals surface area contributed by atoms with Crippen molar-refractivity contribution in [2.75, 3.05) is 32.1 Å². The predicted molar refractivity (Wildman–Crippen MR) is 83.2 cm³/mol. The molecule has 0 unspecified atom stereocenters. The second-order valence-electron chi connectivity index (χ2n) is 5.13. The Morgan fingerprint density at radius 1 is 0.737 bits per heavy atom. The van der Waals surface area contributed by atoms with Gasteiger partial charge in [-0.05, 0) is 45.3 Å². The monoisotopic (exact) mass is 254 g/mol. The van der Waals surface area contributed by atoms with Crippen molar-refractivity contribution < 1.29 is 0 Å². The van der Waals surface area contributed by atoms with Gasteiger partial charge in [-0.1, -0.05) is 35.9 Å². The second kappa shape index (κ2) is 6.39. The van der Waals surface area contributed by atoms with Crippen LogP contribution in [0.3, 0.4) is 0 Å². The zero-order chi connectivity index (χ0) is 13.7. The molecule has 0 aromatic heterocycles. The summed E-state index contributed by atoms with van der Waals surface area (Å²) in [7, 11) is 4.22. The molecule has 0 aliphatic heterocycles. The molecule has 0 bridgehead atoms. The average molecular weight is 254 g/mol. The lowest BCUT2D eigenvalue weighted by atomic mass is 10.2. The number of hydrogen-bond donors (Lipinski definition) is 0. The quantitative estimate of drug-likeness (QED) is 0.803. The number of anilines is 2. The van der Waals surface area contributed by atoms with Crippen molar-refractivity contribution in [1.29, 1.82) is 0 Å². The van der Waals surface area contributed by atoms with Crippen LogP contribution in [0.25, 0.3) is 0 Å². The average Bonchev–Trinajstić information content (AvgIpc) is 2.42. The van der Waals surface area contributed by atoms with E-state index in [0.29, 0.717) is 0 Å². The molecule has 2 aromatic carbocycles. The van der Waals surface area contributed by atoms with Gasteiger partial charge < -0.3 is 9.80 Å². The standard InChI is InChI=1S/C17H22N2/c1-15-9-11-17(12-10-15)19(14-13-18(2)3)16-7-5-4-6-8-16/h4-12H,13-14H2,1-3H3. The first-order chi connectivity index (χ1) is 9.16. The van der Waals surface area contributed by atoms with E-state index in [0.717, 1.165) is 13.1 Å². The van der Waals surface area contributed by atoms with Gasteiger partial charge in [0.15, 0.2) is 0 Å². The molecular formula is C17H22N2. The van der Waals surface area contributed by atoms with E-state index < -0.39 is 0 Å². The van der Waals surface area contributed by atoms with Crippen LogP contribution in [0.1, 0.15) is 5.56 Å². The lowest BCUT2D eigenvalue weighted by Crippen LogP contribution is -2.28. The van der Waals surface area contributed by atoms with Crippen molar-refractivity contribution in [1.82, 2.24) is 4.90 Å². The first-order valence-corrected chi connectivity index (χ1v) is 6.71. The van der Waals surface area contributed by atoms with Crippen LogP contribution in [0.2, 0.25) is 0 Å². The summed E-state index contributed by atoms with van der Waals surface area (Å²) in [4.78, 5) is 4.57. The molecule has 19 heavy (non-hydrogen) atoms. The summed E-state index contributed by atoms with van der Waals surface area (Å²) in [6.07, 6.45) is 0. The Labute approximate surface area is 116 Å². The molecular weight excluding hydrogens is 232 g/mol. The van der Waals surface area contributed by atoms with Crippen LogP contribution in [0.15, 0.2) is 54.6 Å². The Hall–Kier alpha value is -1.80. The number of para-hydroxylation sites is 1. The van der Waals surface area contributed by atoms with Gasteiger partial charge in [-0.25, -0.2) is 0 Å². The Morgan fingerprint density at radius 2 is 1.32 bits per heavy atom. The van der Waals surface area contributed by atoms with Crippen molar-refractivity contribution in [3.05, 3.63) is 60.2 Å². The van der Waals surface area contributed by atoms with Crippen LogP contribution in [0.4, 0.5) is 11.4 Å². The molecule has 0 radical (unpaired) electrons. The van der Waals surface area contributed by atoms with Gasteiger partial charge in [-0.2, -0.15) is 0 Å². The van der Waals surface area contributed by atoms with E-state index in [2.05, 4.69) is 85.4 Å². The van der Waals surface area contributed by atoms with Gasteiger partial charge in [-0.3, -0.25) is 0 Å². The van der Waals surface area contributed by atoms with Gasteiger partial charge >= 0.3 is 0 Å². The third-order valence-corrected chi connectivity index (χ3v) is 3.18. The highest BCUT2D eigenvalue weighted by Gasteiger charge is 2.08. The lowest BCUT2D eigenvalue weighted by molar-refractivity contribution is 0.419. The first kappa shape index (κ1) is 13.6. The van der Waals surface area contributed by atoms with Gasteiger partial charge in [0.05, 0.1) is 0 Å². The van der Waals surface area contributed by atoms with Gasteiger partial charge in [0.25, 0.3) is 0 Å². The molecule has 0 N–H and O–H groups in total. The summed E-state index contributed by atoms with van der Waals surface area (Å²) in [6.45, 7) is 4.14. The fourth-order valence-electron chi connectivity index (χ4n) is 2.04. The highest BCUT2D eigenvalue weighted by atomic mass is 15.2. The predicted octanol–water partition coefficient (Wildman–Crippen LogP) is 3.69. The largest absolute Gasteiger partial charge is 0.340 e. The summed E-state index contributed by atoms with van der Waals surface area (Å²) in [5.41, 5.74) is 3.79. The Balaban J connectivity index is 2.26. The van der Waals surface area contributed by atoms with E-state index in [-0.39, 0.29) is 0 Å². The molecule has 0 amide bonds. The summed E-state index contributed by atoms with van der Waals surface area (Å²) in [5, 5.41) is 0. The number of benzene rings is 2. The highest BCUT2D eigenvalue weighted by molar-refractivity contribution is 5.63. The van der Waals surface area contributed by atoms with E-state index in [1.54, 1.807) is 0 Å². The molecule has 100 valence electrons. The smallest absolute Gasteiger partial charge is 0.0411 e. The van der Waals surface area contributed by atoms with Crippen molar-refractivity contribution in [2.45, 2.75) is 6.92 Å². The summed E-state index contributed by atoms with van der Waals surface area (Å²) < 4.78 is 0. The minimum atomic E-state index is 0.986. The second-order valence-corrected chi connectivity index (χ2v) is 5.13. The van der Waals surface area contributed by atoms with Crippen LogP contribution in [-0.2, 0) is 0 Å². The number of rotatable bonds is 5. The molecule has 0 aliphatic carbocycles. The zero-order valence-electron chi connectivity index (χ0n) is 12.0. The molecule has 2 aromatic rings. The van der Waals surface area contributed by atoms with E-state index in [9.17, 15) is 0 Å². The SMILES string of the molecule is Cc1ccc(N(CCN(C)C)c2ccccc2)cc1. The molecule has 0 saturated carbocycles. The number of likely N-dealkylation sites (N-methyl/N-ethyl adjacent to an activating group) is 1. The fraction of sp³-hybridized carbons (Fsp3) is 0.294. The van der Waals surface area contributed by atoms with E-state index in [1.807, 2.05) is 0 Å². The molecule has 0 fully saturated rings. The van der Waals surface area contributed by atoms with E-state index in [1.165, 1.54) is 16.9 Å². The number of nitrogens with zero attached hydrogens (tertiary/aromatic N) is 2. The third-order valence-electron chi connectivity index (χ3n) is 3.18. The van der Waals surface area contributed by atoms with Crippen molar-refractivity contribution in [3.8, 4) is 0 Å². The maximum absolute atomic E-state index is 2.36. The van der Waals surface area contributed by atoms with Crippen molar-refractivity contribution >= 4 is 11.4 Å². The summed E-state index contributed by atoms with van der Waals surface area (Å²) >= 11 is 0. The van der Waals surface area contributed by atoms with Gasteiger partial charge in [-0.15, -0.1) is 0 Å². The van der Waals surface area contributed by atoms with Gasteiger partial charge in [0, 0.05) is 24.5 Å². The highest BCUT2D eigenvalue weighted by Crippen LogP contribution is 2.24. The topological polar surface area (TPSA) is 6.48 Å². The van der Waals surface area contributed by atoms with Crippen LogP contribution in [0, 0.1) is 6.92 Å². The van der Waals surface area contributed by atoms with Crippen LogP contribution in [-0.4, -0.2) is 32.1 Å². The fourth-order valence-corrected chi connectivity index (χ4v) is 2.04. The van der Waals surface area contributed by atoms with Gasteiger partial charge in [0.2, 0.25) is 0 Å². The van der Waals surface area contributed by atoms with Gasteiger partial charge in [0.1, 0.15) is 0 Å². The molecule has 2 heteroatoms. The number of hydrogen-bond acceptors (Lipinski definition) is 2. The molecule has 0 aliphatic rings. The molecule has 0 saturated heterocycles. The minimum Gasteiger partial charge on any atom is -0.340 e. The Bertz CT molecular complexity index is 488. The maximum Gasteiger partial charge on any atom is 0.0411 e. The molecule has 0 spiro atoms. The number of aryl methyl sites for hydroxylation is 1. The third kappa shape index (κ3) is 3.83. The molecule has 2 rings (SSSR count). The van der Waals surface area contributed by atoms with Crippen LogP contribution in [0.5, 0.6) is 0 Å². The molecule has 2 nitrogen and oxygen atoms in total. The summed E-state index contributed by atoms with van der Waals surface area (Å²) in [5.74, 6) is 0.